The van der Waals surface area contributed by atoms with E-state index in [9.17, 15) is 0 Å². The molecule has 1 aliphatic carbocycles. The van der Waals surface area contributed by atoms with Crippen molar-refractivity contribution < 1.29 is 4.74 Å². The van der Waals surface area contributed by atoms with E-state index < -0.39 is 0 Å². The molecule has 0 radical (unpaired) electrons. The van der Waals surface area contributed by atoms with Crippen LogP contribution in [0.5, 0.6) is 0 Å². The normalized spacial score (nSPS) is 18.2. The number of ether oxygens (including phenoxy) is 1. The monoisotopic (exact) mass is 240 g/mol. The molecule has 0 spiro atoms. The first-order valence-electron chi connectivity index (χ1n) is 6.74. The molecule has 3 heteroatoms. The molecular weight excluding hydrogens is 212 g/mol. The molecule has 1 unspecified atom stereocenters. The number of nitrogens with two attached hydrogens (primary N) is 1. The smallest absolute Gasteiger partial charge is 0.0638 e. The Morgan fingerprint density at radius 1 is 1.53 bits per heavy atom. The largest absolute Gasteiger partial charge is 0.379 e. The maximum absolute atomic E-state index is 5.80. The minimum atomic E-state index is -0.0936. The summed E-state index contributed by atoms with van der Waals surface area (Å²) in [7, 11) is 1.76. The maximum Gasteiger partial charge on any atom is 0.0638 e. The quantitative estimate of drug-likeness (QED) is 0.640. The molecule has 3 N–H and O–H groups in total. The van der Waals surface area contributed by atoms with E-state index in [0.717, 1.165) is 13.0 Å². The third-order valence-electron chi connectivity index (χ3n) is 3.59. The summed E-state index contributed by atoms with van der Waals surface area (Å²) < 4.78 is 5.44. The van der Waals surface area contributed by atoms with Gasteiger partial charge in [-0.2, -0.15) is 0 Å². The summed E-state index contributed by atoms with van der Waals surface area (Å²) in [5, 5.41) is 3.54. The van der Waals surface area contributed by atoms with Gasteiger partial charge in [-0.15, -0.1) is 0 Å². The molecule has 0 aliphatic heterocycles. The lowest BCUT2D eigenvalue weighted by molar-refractivity contribution is 0.00785. The molecule has 0 amide bonds. The molecule has 0 aromatic rings. The maximum atomic E-state index is 5.80. The van der Waals surface area contributed by atoms with Crippen LogP contribution < -0.4 is 11.1 Å². The highest BCUT2D eigenvalue weighted by molar-refractivity contribution is 5.07. The minimum absolute atomic E-state index is 0.0936. The Hall–Kier alpha value is -0.380. The lowest BCUT2D eigenvalue weighted by Gasteiger charge is -2.28. The van der Waals surface area contributed by atoms with Gasteiger partial charge in [0.05, 0.1) is 5.60 Å². The van der Waals surface area contributed by atoms with Crippen LogP contribution in [-0.2, 0) is 4.74 Å². The molecule has 0 saturated heterocycles. The molecule has 1 rings (SSSR count). The first-order valence-corrected chi connectivity index (χ1v) is 6.74. The van der Waals surface area contributed by atoms with Gasteiger partial charge in [0, 0.05) is 19.7 Å². The summed E-state index contributed by atoms with van der Waals surface area (Å²) in [4.78, 5) is 0. The minimum Gasteiger partial charge on any atom is -0.379 e. The molecule has 1 atom stereocenters. The topological polar surface area (TPSA) is 47.3 Å². The molecule has 0 saturated carbocycles. The molecule has 100 valence electrons. The van der Waals surface area contributed by atoms with E-state index in [-0.39, 0.29) is 5.60 Å². The molecule has 0 fully saturated rings. The highest BCUT2D eigenvalue weighted by Gasteiger charge is 2.21. The van der Waals surface area contributed by atoms with Gasteiger partial charge in [-0.25, -0.2) is 0 Å². The lowest BCUT2D eigenvalue weighted by atomic mass is 9.98. The van der Waals surface area contributed by atoms with Crippen molar-refractivity contribution in [1.29, 1.82) is 0 Å². The summed E-state index contributed by atoms with van der Waals surface area (Å²) in [6.07, 6.45) is 8.42. The Kier molecular flexibility index (Phi) is 6.17. The zero-order chi connectivity index (χ0) is 12.7. The summed E-state index contributed by atoms with van der Waals surface area (Å²) in [5.74, 6) is 0. The van der Waals surface area contributed by atoms with E-state index in [1.54, 1.807) is 12.7 Å². The van der Waals surface area contributed by atoms with Gasteiger partial charge in [0.25, 0.3) is 0 Å². The van der Waals surface area contributed by atoms with E-state index in [2.05, 4.69) is 25.2 Å². The van der Waals surface area contributed by atoms with Crippen LogP contribution in [0, 0.1) is 0 Å². The fourth-order valence-electron chi connectivity index (χ4n) is 2.32. The number of rotatable bonds is 8. The standard InChI is InChI=1S/C14H28N2O/c1-14(2,17-3)10-13(11-15)16-9-8-12-6-4-5-7-12/h6,13,16H,4-5,7-11,15H2,1-3H3. The van der Waals surface area contributed by atoms with Gasteiger partial charge in [0.2, 0.25) is 0 Å². The molecule has 3 nitrogen and oxygen atoms in total. The van der Waals surface area contributed by atoms with E-state index in [0.29, 0.717) is 12.6 Å². The fraction of sp³-hybridized carbons (Fsp3) is 0.857. The number of hydrogen-bond donors (Lipinski definition) is 2. The second-order valence-corrected chi connectivity index (χ2v) is 5.56. The van der Waals surface area contributed by atoms with Gasteiger partial charge in [-0.05, 0) is 52.5 Å². The van der Waals surface area contributed by atoms with Crippen LogP contribution in [0.4, 0.5) is 0 Å². The van der Waals surface area contributed by atoms with Gasteiger partial charge in [0.1, 0.15) is 0 Å². The van der Waals surface area contributed by atoms with E-state index in [1.165, 1.54) is 25.7 Å². The second kappa shape index (κ2) is 7.14. The van der Waals surface area contributed by atoms with Crippen molar-refractivity contribution in [3.63, 3.8) is 0 Å². The van der Waals surface area contributed by atoms with Crippen LogP contribution in [-0.4, -0.2) is 31.8 Å². The van der Waals surface area contributed by atoms with Crippen molar-refractivity contribution in [2.45, 2.75) is 57.6 Å². The van der Waals surface area contributed by atoms with Crippen LogP contribution in [0.15, 0.2) is 11.6 Å². The van der Waals surface area contributed by atoms with Crippen molar-refractivity contribution in [2.75, 3.05) is 20.2 Å². The predicted molar refractivity (Wildman–Crippen MR) is 73.1 cm³/mol. The Morgan fingerprint density at radius 3 is 2.82 bits per heavy atom. The molecule has 0 aromatic carbocycles. The molecule has 0 aromatic heterocycles. The Balaban J connectivity index is 2.22. The van der Waals surface area contributed by atoms with Crippen molar-refractivity contribution in [3.05, 3.63) is 11.6 Å². The van der Waals surface area contributed by atoms with Crippen LogP contribution >= 0.6 is 0 Å². The molecule has 17 heavy (non-hydrogen) atoms. The van der Waals surface area contributed by atoms with E-state index >= 15 is 0 Å². The first kappa shape index (κ1) is 14.7. The van der Waals surface area contributed by atoms with Crippen molar-refractivity contribution in [1.82, 2.24) is 5.32 Å². The summed E-state index contributed by atoms with van der Waals surface area (Å²) in [6.45, 7) is 5.92. The third-order valence-corrected chi connectivity index (χ3v) is 3.59. The fourth-order valence-corrected chi connectivity index (χ4v) is 2.32. The van der Waals surface area contributed by atoms with Gasteiger partial charge >= 0.3 is 0 Å². The zero-order valence-corrected chi connectivity index (χ0v) is 11.6. The Labute approximate surface area is 106 Å². The highest BCUT2D eigenvalue weighted by atomic mass is 16.5. The summed E-state index contributed by atoms with van der Waals surface area (Å²) >= 11 is 0. The average molecular weight is 240 g/mol. The molecule has 1 aliphatic rings. The number of hydrogen-bond acceptors (Lipinski definition) is 3. The summed E-state index contributed by atoms with van der Waals surface area (Å²) in [6, 6.07) is 0.354. The third kappa shape index (κ3) is 5.66. The van der Waals surface area contributed by atoms with E-state index in [4.69, 9.17) is 10.5 Å². The van der Waals surface area contributed by atoms with Gasteiger partial charge in [-0.3, -0.25) is 0 Å². The molecule has 0 bridgehead atoms. The zero-order valence-electron chi connectivity index (χ0n) is 11.6. The molecular formula is C14H28N2O. The van der Waals surface area contributed by atoms with Crippen molar-refractivity contribution in [2.24, 2.45) is 5.73 Å². The lowest BCUT2D eigenvalue weighted by Crippen LogP contribution is -2.42. The van der Waals surface area contributed by atoms with Crippen LogP contribution in [0.25, 0.3) is 0 Å². The van der Waals surface area contributed by atoms with Crippen LogP contribution in [0.2, 0.25) is 0 Å². The number of allylic oxidation sites excluding steroid dienone is 1. The van der Waals surface area contributed by atoms with Gasteiger partial charge in [-0.1, -0.05) is 11.6 Å². The summed E-state index contributed by atoms with van der Waals surface area (Å²) in [5.41, 5.74) is 7.31. The molecule has 0 heterocycles. The van der Waals surface area contributed by atoms with Crippen molar-refractivity contribution >= 4 is 0 Å². The Morgan fingerprint density at radius 2 is 2.29 bits per heavy atom. The van der Waals surface area contributed by atoms with Crippen LogP contribution in [0.3, 0.4) is 0 Å². The highest BCUT2D eigenvalue weighted by Crippen LogP contribution is 2.20. The second-order valence-electron chi connectivity index (χ2n) is 5.56. The van der Waals surface area contributed by atoms with Gasteiger partial charge < -0.3 is 15.8 Å². The van der Waals surface area contributed by atoms with Crippen molar-refractivity contribution in [3.8, 4) is 0 Å². The van der Waals surface area contributed by atoms with Crippen LogP contribution in [0.1, 0.15) is 46.0 Å². The Bertz CT molecular complexity index is 249. The average Bonchev–Trinajstić information content (AvgIpc) is 2.80. The number of methoxy groups -OCH3 is 1. The van der Waals surface area contributed by atoms with E-state index in [1.807, 2.05) is 0 Å². The number of nitrogens with one attached hydrogen (secondary N) is 1. The predicted octanol–water partition coefficient (Wildman–Crippen LogP) is 2.22. The first-order chi connectivity index (χ1) is 8.07. The SMILES string of the molecule is COC(C)(C)CC(CN)NCCC1=CCCC1. The van der Waals surface area contributed by atoms with Gasteiger partial charge in [0.15, 0.2) is 0 Å².